The molecule has 0 radical (unpaired) electrons. The molecular formula is C15H21ClO2. The zero-order chi connectivity index (χ0) is 13.5. The number of ether oxygens (including phenoxy) is 1. The van der Waals surface area contributed by atoms with Gasteiger partial charge in [-0.25, -0.2) is 0 Å². The van der Waals surface area contributed by atoms with E-state index in [0.717, 1.165) is 24.0 Å². The molecule has 0 amide bonds. The molecule has 0 aliphatic heterocycles. The van der Waals surface area contributed by atoms with Crippen LogP contribution in [-0.2, 0) is 16.0 Å². The summed E-state index contributed by atoms with van der Waals surface area (Å²) in [5.74, 6) is 0.115. The van der Waals surface area contributed by atoms with Crippen LogP contribution in [0.3, 0.4) is 0 Å². The molecule has 1 rings (SSSR count). The van der Waals surface area contributed by atoms with E-state index in [4.69, 9.17) is 16.3 Å². The van der Waals surface area contributed by atoms with Crippen molar-refractivity contribution in [2.45, 2.75) is 46.1 Å². The summed E-state index contributed by atoms with van der Waals surface area (Å²) >= 11 is 6.14. The van der Waals surface area contributed by atoms with Crippen molar-refractivity contribution in [2.24, 2.45) is 0 Å². The van der Waals surface area contributed by atoms with Crippen LogP contribution in [0.5, 0.6) is 0 Å². The molecule has 1 aromatic rings. The highest BCUT2D eigenvalue weighted by molar-refractivity contribution is 6.31. The zero-order valence-electron chi connectivity index (χ0n) is 11.3. The molecule has 0 fully saturated rings. The van der Waals surface area contributed by atoms with E-state index in [9.17, 15) is 4.79 Å². The second-order valence-corrected chi connectivity index (χ2v) is 4.88. The number of carbonyl (C=O) groups is 1. The average molecular weight is 269 g/mol. The highest BCUT2D eigenvalue weighted by Gasteiger charge is 2.18. The van der Waals surface area contributed by atoms with Crippen molar-refractivity contribution >= 4 is 17.4 Å². The lowest BCUT2D eigenvalue weighted by Gasteiger charge is -2.15. The van der Waals surface area contributed by atoms with Crippen LogP contribution in [0.15, 0.2) is 18.2 Å². The van der Waals surface area contributed by atoms with E-state index in [1.54, 1.807) is 0 Å². The lowest BCUT2D eigenvalue weighted by Crippen LogP contribution is -2.26. The standard InChI is InChI=1S/C15H21ClO2/c1-4-6-15(18-5-2)14(17)10-12-8-7-11(3)9-13(12)16/h7-9,15H,4-6,10H2,1-3H3. The van der Waals surface area contributed by atoms with Gasteiger partial charge in [-0.1, -0.05) is 37.1 Å². The van der Waals surface area contributed by atoms with Crippen LogP contribution < -0.4 is 0 Å². The first kappa shape index (κ1) is 15.2. The first-order valence-electron chi connectivity index (χ1n) is 6.47. The Bertz CT molecular complexity index is 395. The summed E-state index contributed by atoms with van der Waals surface area (Å²) in [6, 6.07) is 5.79. The zero-order valence-corrected chi connectivity index (χ0v) is 12.1. The highest BCUT2D eigenvalue weighted by atomic mass is 35.5. The molecule has 0 saturated heterocycles. The van der Waals surface area contributed by atoms with Crippen molar-refractivity contribution in [3.8, 4) is 0 Å². The first-order valence-corrected chi connectivity index (χ1v) is 6.85. The van der Waals surface area contributed by atoms with Gasteiger partial charge in [-0.15, -0.1) is 0 Å². The maximum Gasteiger partial charge on any atom is 0.165 e. The number of Topliss-reactive ketones (excluding diaryl/α,β-unsaturated/α-hetero) is 1. The average Bonchev–Trinajstić information content (AvgIpc) is 2.32. The molecule has 1 aromatic carbocycles. The molecule has 0 aromatic heterocycles. The second-order valence-electron chi connectivity index (χ2n) is 4.47. The Labute approximate surface area is 114 Å². The summed E-state index contributed by atoms with van der Waals surface area (Å²) in [5.41, 5.74) is 1.99. The summed E-state index contributed by atoms with van der Waals surface area (Å²) < 4.78 is 5.49. The third kappa shape index (κ3) is 4.43. The number of hydrogen-bond acceptors (Lipinski definition) is 2. The number of rotatable bonds is 7. The summed E-state index contributed by atoms with van der Waals surface area (Å²) in [7, 11) is 0. The Balaban J connectivity index is 2.72. The predicted molar refractivity (Wildman–Crippen MR) is 75.2 cm³/mol. The summed E-state index contributed by atoms with van der Waals surface area (Å²) in [6.07, 6.45) is 1.77. The maximum atomic E-state index is 12.1. The third-order valence-electron chi connectivity index (χ3n) is 2.85. The molecule has 0 aliphatic rings. The molecule has 100 valence electrons. The van der Waals surface area contributed by atoms with Crippen LogP contribution in [0.1, 0.15) is 37.8 Å². The van der Waals surface area contributed by atoms with Gasteiger partial charge in [0.15, 0.2) is 5.78 Å². The number of hydrogen-bond donors (Lipinski definition) is 0. The lowest BCUT2D eigenvalue weighted by atomic mass is 10.0. The Morgan fingerprint density at radius 1 is 1.39 bits per heavy atom. The van der Waals surface area contributed by atoms with Gasteiger partial charge in [-0.2, -0.15) is 0 Å². The Hall–Kier alpha value is -0.860. The Morgan fingerprint density at radius 2 is 2.11 bits per heavy atom. The number of ketones is 1. The minimum absolute atomic E-state index is 0.115. The Morgan fingerprint density at radius 3 is 2.67 bits per heavy atom. The SMILES string of the molecule is CCCC(OCC)C(=O)Cc1ccc(C)cc1Cl. The normalized spacial score (nSPS) is 12.4. The molecular weight excluding hydrogens is 248 g/mol. The van der Waals surface area contributed by atoms with Gasteiger partial charge in [-0.05, 0) is 37.5 Å². The molecule has 3 heteroatoms. The van der Waals surface area contributed by atoms with E-state index in [-0.39, 0.29) is 11.9 Å². The molecule has 0 N–H and O–H groups in total. The monoisotopic (exact) mass is 268 g/mol. The smallest absolute Gasteiger partial charge is 0.165 e. The quantitative estimate of drug-likeness (QED) is 0.748. The second kappa shape index (κ2) is 7.55. The molecule has 0 aliphatic carbocycles. The lowest BCUT2D eigenvalue weighted by molar-refractivity contribution is -0.130. The van der Waals surface area contributed by atoms with Crippen molar-refractivity contribution in [1.29, 1.82) is 0 Å². The number of benzene rings is 1. The van der Waals surface area contributed by atoms with Gasteiger partial charge >= 0.3 is 0 Å². The largest absolute Gasteiger partial charge is 0.371 e. The van der Waals surface area contributed by atoms with E-state index >= 15 is 0 Å². The molecule has 0 spiro atoms. The van der Waals surface area contributed by atoms with Gasteiger partial charge in [0.05, 0.1) is 0 Å². The molecule has 2 nitrogen and oxygen atoms in total. The van der Waals surface area contributed by atoms with Crippen molar-refractivity contribution in [3.05, 3.63) is 34.3 Å². The van der Waals surface area contributed by atoms with Crippen molar-refractivity contribution in [2.75, 3.05) is 6.61 Å². The number of aryl methyl sites for hydroxylation is 1. The molecule has 1 unspecified atom stereocenters. The molecule has 0 heterocycles. The van der Waals surface area contributed by atoms with E-state index in [0.29, 0.717) is 18.1 Å². The van der Waals surface area contributed by atoms with Crippen LogP contribution >= 0.6 is 11.6 Å². The van der Waals surface area contributed by atoms with Gasteiger partial charge < -0.3 is 4.74 Å². The molecule has 0 bridgehead atoms. The minimum Gasteiger partial charge on any atom is -0.371 e. The molecule has 18 heavy (non-hydrogen) atoms. The van der Waals surface area contributed by atoms with Crippen molar-refractivity contribution in [3.63, 3.8) is 0 Å². The Kier molecular flexibility index (Phi) is 6.37. The third-order valence-corrected chi connectivity index (χ3v) is 3.20. The van der Waals surface area contributed by atoms with Gasteiger partial charge in [-0.3, -0.25) is 4.79 Å². The maximum absolute atomic E-state index is 12.1. The summed E-state index contributed by atoms with van der Waals surface area (Å²) in [5, 5.41) is 0.662. The van der Waals surface area contributed by atoms with Crippen molar-refractivity contribution in [1.82, 2.24) is 0 Å². The first-order chi connectivity index (χ1) is 8.58. The number of halogens is 1. The van der Waals surface area contributed by atoms with Crippen LogP contribution in [0, 0.1) is 6.92 Å². The summed E-state index contributed by atoms with van der Waals surface area (Å²) in [6.45, 7) is 6.52. The minimum atomic E-state index is -0.294. The highest BCUT2D eigenvalue weighted by Crippen LogP contribution is 2.19. The van der Waals surface area contributed by atoms with Gasteiger partial charge in [0.1, 0.15) is 6.10 Å². The van der Waals surface area contributed by atoms with Crippen LogP contribution in [-0.4, -0.2) is 18.5 Å². The molecule has 0 saturated carbocycles. The fourth-order valence-electron chi connectivity index (χ4n) is 1.90. The van der Waals surface area contributed by atoms with E-state index in [2.05, 4.69) is 6.92 Å². The van der Waals surface area contributed by atoms with Gasteiger partial charge in [0.25, 0.3) is 0 Å². The van der Waals surface area contributed by atoms with Gasteiger partial charge in [0, 0.05) is 18.1 Å². The van der Waals surface area contributed by atoms with Crippen LogP contribution in [0.4, 0.5) is 0 Å². The topological polar surface area (TPSA) is 26.3 Å². The van der Waals surface area contributed by atoms with Crippen LogP contribution in [0.2, 0.25) is 5.02 Å². The fraction of sp³-hybridized carbons (Fsp3) is 0.533. The van der Waals surface area contributed by atoms with E-state index in [1.807, 2.05) is 32.0 Å². The molecule has 1 atom stereocenters. The fourth-order valence-corrected chi connectivity index (χ4v) is 2.20. The number of carbonyl (C=O) groups excluding carboxylic acids is 1. The van der Waals surface area contributed by atoms with E-state index in [1.165, 1.54) is 0 Å². The van der Waals surface area contributed by atoms with Gasteiger partial charge in [0.2, 0.25) is 0 Å². The van der Waals surface area contributed by atoms with Crippen molar-refractivity contribution < 1.29 is 9.53 Å². The summed E-state index contributed by atoms with van der Waals surface area (Å²) in [4.78, 5) is 12.1. The van der Waals surface area contributed by atoms with E-state index < -0.39 is 0 Å². The van der Waals surface area contributed by atoms with Crippen LogP contribution in [0.25, 0.3) is 0 Å². The predicted octanol–water partition coefficient (Wildman–Crippen LogP) is 3.97.